The molecule has 20 heavy (non-hydrogen) atoms. The van der Waals surface area contributed by atoms with Crippen LogP contribution in [0.4, 0.5) is 0 Å². The lowest BCUT2D eigenvalue weighted by molar-refractivity contribution is 0.476. The van der Waals surface area contributed by atoms with Gasteiger partial charge < -0.3 is 5.11 Å². The van der Waals surface area contributed by atoms with Gasteiger partial charge in [0.25, 0.3) is 0 Å². The molecule has 0 atom stereocenters. The first-order valence-corrected chi connectivity index (χ1v) is 6.91. The molecule has 4 heteroatoms. The van der Waals surface area contributed by atoms with E-state index in [2.05, 4.69) is 28.4 Å². The highest BCUT2D eigenvalue weighted by molar-refractivity contribution is 5.92. The van der Waals surface area contributed by atoms with Gasteiger partial charge in [-0.2, -0.15) is 0 Å². The highest BCUT2D eigenvalue weighted by atomic mass is 16.3. The fourth-order valence-corrected chi connectivity index (χ4v) is 2.43. The molecule has 0 radical (unpaired) electrons. The van der Waals surface area contributed by atoms with Crippen LogP contribution < -0.4 is 0 Å². The van der Waals surface area contributed by atoms with E-state index in [9.17, 15) is 5.11 Å². The third-order valence-corrected chi connectivity index (χ3v) is 3.53. The van der Waals surface area contributed by atoms with Crippen LogP contribution in [0.3, 0.4) is 0 Å². The minimum Gasteiger partial charge on any atom is -0.507 e. The Bertz CT molecular complexity index is 733. The van der Waals surface area contributed by atoms with Crippen molar-refractivity contribution in [1.82, 2.24) is 15.4 Å². The normalized spacial score (nSPS) is 11.1. The average Bonchev–Trinajstić information content (AvgIpc) is 2.94. The first-order chi connectivity index (χ1) is 9.79. The number of benzene rings is 2. The molecule has 0 bridgehead atoms. The molecule has 102 valence electrons. The van der Waals surface area contributed by atoms with E-state index in [0.29, 0.717) is 5.75 Å². The number of nitrogens with zero attached hydrogens (tertiary/aromatic N) is 2. The maximum absolute atomic E-state index is 10.3. The minimum atomic E-state index is 0.300. The number of rotatable bonds is 4. The molecular formula is C16H17N3O. The summed E-state index contributed by atoms with van der Waals surface area (Å²) in [5.41, 5.74) is 4.52. The number of aromatic amines is 1. The SMILES string of the molecule is CCCCc1ccc(-c2cccc3[nH]nnc23)c(O)c1. The largest absolute Gasteiger partial charge is 0.507 e. The van der Waals surface area contributed by atoms with E-state index in [0.717, 1.165) is 41.4 Å². The Kier molecular flexibility index (Phi) is 3.37. The van der Waals surface area contributed by atoms with Crippen LogP contribution in [0, 0.1) is 0 Å². The average molecular weight is 267 g/mol. The predicted molar refractivity (Wildman–Crippen MR) is 79.6 cm³/mol. The monoisotopic (exact) mass is 267 g/mol. The molecular weight excluding hydrogens is 250 g/mol. The number of unbranched alkanes of at least 4 members (excludes halogenated alkanes) is 1. The van der Waals surface area contributed by atoms with Crippen molar-refractivity contribution in [3.63, 3.8) is 0 Å². The molecule has 0 aliphatic heterocycles. The van der Waals surface area contributed by atoms with Crippen molar-refractivity contribution >= 4 is 11.0 Å². The van der Waals surface area contributed by atoms with Gasteiger partial charge >= 0.3 is 0 Å². The van der Waals surface area contributed by atoms with Gasteiger partial charge in [-0.25, -0.2) is 0 Å². The highest BCUT2D eigenvalue weighted by Gasteiger charge is 2.11. The van der Waals surface area contributed by atoms with Crippen molar-refractivity contribution in [3.8, 4) is 16.9 Å². The van der Waals surface area contributed by atoms with E-state index in [1.165, 1.54) is 5.56 Å². The molecule has 3 aromatic rings. The first-order valence-electron chi connectivity index (χ1n) is 6.91. The van der Waals surface area contributed by atoms with Crippen LogP contribution in [0.15, 0.2) is 36.4 Å². The molecule has 0 fully saturated rings. The minimum absolute atomic E-state index is 0.300. The van der Waals surface area contributed by atoms with Crippen molar-refractivity contribution in [3.05, 3.63) is 42.0 Å². The first kappa shape index (κ1) is 12.7. The van der Waals surface area contributed by atoms with E-state index in [1.54, 1.807) is 0 Å². The lowest BCUT2D eigenvalue weighted by Gasteiger charge is -2.08. The number of phenols is 1. The van der Waals surface area contributed by atoms with Crippen LogP contribution in [0.25, 0.3) is 22.2 Å². The van der Waals surface area contributed by atoms with Crippen LogP contribution in [0.1, 0.15) is 25.3 Å². The van der Waals surface area contributed by atoms with Crippen molar-refractivity contribution in [2.45, 2.75) is 26.2 Å². The molecule has 4 nitrogen and oxygen atoms in total. The van der Waals surface area contributed by atoms with E-state index in [1.807, 2.05) is 30.3 Å². The Balaban J connectivity index is 2.04. The van der Waals surface area contributed by atoms with Gasteiger partial charge in [0, 0.05) is 11.1 Å². The summed E-state index contributed by atoms with van der Waals surface area (Å²) in [6, 6.07) is 11.7. The summed E-state index contributed by atoms with van der Waals surface area (Å²) in [5, 5.41) is 21.0. The Labute approximate surface area is 117 Å². The number of hydrogen-bond donors (Lipinski definition) is 2. The van der Waals surface area contributed by atoms with Crippen LogP contribution in [-0.4, -0.2) is 20.5 Å². The fraction of sp³-hybridized carbons (Fsp3) is 0.250. The second-order valence-electron chi connectivity index (χ2n) is 4.97. The number of aryl methyl sites for hydroxylation is 1. The van der Waals surface area contributed by atoms with Crippen LogP contribution in [0.2, 0.25) is 0 Å². The topological polar surface area (TPSA) is 61.8 Å². The number of hydrogen-bond acceptors (Lipinski definition) is 3. The molecule has 0 aliphatic rings. The van der Waals surface area contributed by atoms with Crippen LogP contribution >= 0.6 is 0 Å². The van der Waals surface area contributed by atoms with Gasteiger partial charge in [0.15, 0.2) is 0 Å². The number of phenolic OH excluding ortho intramolecular Hbond substituents is 1. The molecule has 2 aromatic carbocycles. The van der Waals surface area contributed by atoms with E-state index in [4.69, 9.17) is 0 Å². The van der Waals surface area contributed by atoms with E-state index >= 15 is 0 Å². The second-order valence-corrected chi connectivity index (χ2v) is 4.97. The molecule has 0 unspecified atom stereocenters. The zero-order valence-corrected chi connectivity index (χ0v) is 11.4. The van der Waals surface area contributed by atoms with E-state index < -0.39 is 0 Å². The Morgan fingerprint density at radius 1 is 1.15 bits per heavy atom. The Morgan fingerprint density at radius 3 is 2.85 bits per heavy atom. The summed E-state index contributed by atoms with van der Waals surface area (Å²) in [4.78, 5) is 0. The Morgan fingerprint density at radius 2 is 2.05 bits per heavy atom. The van der Waals surface area contributed by atoms with Crippen molar-refractivity contribution < 1.29 is 5.11 Å². The highest BCUT2D eigenvalue weighted by Crippen LogP contribution is 2.33. The lowest BCUT2D eigenvalue weighted by atomic mass is 9.99. The molecule has 0 saturated heterocycles. The van der Waals surface area contributed by atoms with Gasteiger partial charge in [-0.3, -0.25) is 5.10 Å². The summed E-state index contributed by atoms with van der Waals surface area (Å²) < 4.78 is 0. The maximum Gasteiger partial charge on any atom is 0.123 e. The molecule has 3 rings (SSSR count). The number of aromatic hydroxyl groups is 1. The van der Waals surface area contributed by atoms with Gasteiger partial charge in [-0.15, -0.1) is 5.10 Å². The third kappa shape index (κ3) is 2.25. The van der Waals surface area contributed by atoms with Crippen molar-refractivity contribution in [2.75, 3.05) is 0 Å². The third-order valence-electron chi connectivity index (χ3n) is 3.53. The van der Waals surface area contributed by atoms with E-state index in [-0.39, 0.29) is 0 Å². The predicted octanol–water partition coefficient (Wildman–Crippen LogP) is 3.67. The number of aromatic nitrogens is 3. The van der Waals surface area contributed by atoms with Gasteiger partial charge in [0.2, 0.25) is 0 Å². The van der Waals surface area contributed by atoms with Gasteiger partial charge in [0.05, 0.1) is 5.52 Å². The summed E-state index contributed by atoms with van der Waals surface area (Å²) in [6.07, 6.45) is 3.29. The molecule has 1 heterocycles. The summed E-state index contributed by atoms with van der Waals surface area (Å²) in [6.45, 7) is 2.17. The zero-order chi connectivity index (χ0) is 13.9. The number of H-pyrrole nitrogens is 1. The quantitative estimate of drug-likeness (QED) is 0.758. The number of nitrogens with one attached hydrogen (secondary N) is 1. The molecule has 0 spiro atoms. The molecule has 2 N–H and O–H groups in total. The lowest BCUT2D eigenvalue weighted by Crippen LogP contribution is -1.87. The van der Waals surface area contributed by atoms with Crippen molar-refractivity contribution in [2.24, 2.45) is 0 Å². The van der Waals surface area contributed by atoms with Gasteiger partial charge in [-0.05, 0) is 30.5 Å². The van der Waals surface area contributed by atoms with Gasteiger partial charge in [0.1, 0.15) is 11.3 Å². The summed E-state index contributed by atoms with van der Waals surface area (Å²) in [7, 11) is 0. The molecule has 0 saturated carbocycles. The molecule has 0 amide bonds. The van der Waals surface area contributed by atoms with Crippen molar-refractivity contribution in [1.29, 1.82) is 0 Å². The fourth-order valence-electron chi connectivity index (χ4n) is 2.43. The molecule has 0 aliphatic carbocycles. The Hall–Kier alpha value is -2.36. The van der Waals surface area contributed by atoms with Crippen LogP contribution in [-0.2, 0) is 6.42 Å². The zero-order valence-electron chi connectivity index (χ0n) is 11.4. The standard InChI is InChI=1S/C16H17N3O/c1-2-3-5-11-8-9-12(15(20)10-11)13-6-4-7-14-16(13)18-19-17-14/h4,6-10,20H,2-3,5H2,1H3,(H,17,18,19). The second kappa shape index (κ2) is 5.33. The van der Waals surface area contributed by atoms with Crippen LogP contribution in [0.5, 0.6) is 5.75 Å². The maximum atomic E-state index is 10.3. The number of fused-ring (bicyclic) bond motifs is 1. The smallest absolute Gasteiger partial charge is 0.123 e. The molecule has 1 aromatic heterocycles. The summed E-state index contributed by atoms with van der Waals surface area (Å²) in [5.74, 6) is 0.300. The van der Waals surface area contributed by atoms with Gasteiger partial charge in [-0.1, -0.05) is 42.8 Å². The summed E-state index contributed by atoms with van der Waals surface area (Å²) >= 11 is 0.